The zero-order valence-corrected chi connectivity index (χ0v) is 16.8. The topological polar surface area (TPSA) is 49.4 Å². The summed E-state index contributed by atoms with van der Waals surface area (Å²) in [6, 6.07) is 18.0. The summed E-state index contributed by atoms with van der Waals surface area (Å²) in [6.45, 7) is 2.02. The summed E-state index contributed by atoms with van der Waals surface area (Å²) in [5.41, 5.74) is 5.66. The van der Waals surface area contributed by atoms with E-state index in [2.05, 4.69) is 23.5 Å². The molecule has 0 saturated carbocycles. The maximum atomic E-state index is 12.9. The van der Waals surface area contributed by atoms with Crippen LogP contribution in [0.5, 0.6) is 0 Å². The Morgan fingerprint density at radius 2 is 1.75 bits per heavy atom. The van der Waals surface area contributed by atoms with Crippen molar-refractivity contribution < 1.29 is 9.59 Å². The molecule has 1 heterocycles. The van der Waals surface area contributed by atoms with E-state index in [0.717, 1.165) is 24.1 Å². The van der Waals surface area contributed by atoms with Crippen molar-refractivity contribution in [2.45, 2.75) is 19.8 Å². The van der Waals surface area contributed by atoms with E-state index in [9.17, 15) is 9.59 Å². The lowest BCUT2D eigenvalue weighted by molar-refractivity contribution is -0.116. The van der Waals surface area contributed by atoms with Gasteiger partial charge in [-0.25, -0.2) is 0 Å². The number of hydrogen-bond acceptors (Lipinski definition) is 3. The number of anilines is 1. The molecule has 3 aromatic rings. The Hall–Kier alpha value is -2.92. The molecule has 0 fully saturated rings. The van der Waals surface area contributed by atoms with Gasteiger partial charge in [-0.2, -0.15) is 0 Å². The van der Waals surface area contributed by atoms with E-state index in [1.807, 2.05) is 43.3 Å². The van der Waals surface area contributed by atoms with Crippen molar-refractivity contribution in [3.05, 3.63) is 76.2 Å². The number of carbonyl (C=O) groups is 2. The predicted octanol–water partition coefficient (Wildman–Crippen LogP) is 4.53. The third kappa shape index (κ3) is 3.71. The molecule has 4 rings (SSSR count). The molecule has 1 aliphatic rings. The number of carbonyl (C=O) groups excluding carboxylic acids is 2. The minimum atomic E-state index is -0.202. The fraction of sp³-hybridized carbons (Fsp3) is 0.217. The van der Waals surface area contributed by atoms with Crippen LogP contribution in [0.2, 0.25) is 0 Å². The maximum absolute atomic E-state index is 12.9. The number of benzene rings is 2. The van der Waals surface area contributed by atoms with E-state index in [1.165, 1.54) is 37.8 Å². The maximum Gasteiger partial charge on any atom is 0.264 e. The molecule has 2 amide bonds. The lowest BCUT2D eigenvalue weighted by Crippen LogP contribution is -2.34. The molecule has 28 heavy (non-hydrogen) atoms. The number of amides is 2. The highest BCUT2D eigenvalue weighted by Crippen LogP contribution is 2.39. The average molecular weight is 391 g/mol. The van der Waals surface area contributed by atoms with Crippen LogP contribution >= 0.6 is 11.3 Å². The van der Waals surface area contributed by atoms with Crippen molar-refractivity contribution in [3.63, 3.8) is 0 Å². The molecule has 0 aliphatic heterocycles. The second-order valence-electron chi connectivity index (χ2n) is 7.20. The number of thiophene rings is 1. The van der Waals surface area contributed by atoms with Crippen LogP contribution in [0.1, 0.15) is 26.4 Å². The summed E-state index contributed by atoms with van der Waals surface area (Å²) in [7, 11) is 1.67. The molecule has 2 aromatic carbocycles. The lowest BCUT2D eigenvalue weighted by Gasteiger charge is -2.16. The van der Waals surface area contributed by atoms with Crippen LogP contribution in [0.4, 0.5) is 5.69 Å². The molecule has 0 atom stereocenters. The van der Waals surface area contributed by atoms with Crippen LogP contribution in [-0.4, -0.2) is 30.3 Å². The zero-order chi connectivity index (χ0) is 19.7. The van der Waals surface area contributed by atoms with Gasteiger partial charge in [0.2, 0.25) is 5.91 Å². The quantitative estimate of drug-likeness (QED) is 0.711. The summed E-state index contributed by atoms with van der Waals surface area (Å²) < 4.78 is 0. The number of fused-ring (bicyclic) bond motifs is 3. The van der Waals surface area contributed by atoms with Gasteiger partial charge >= 0.3 is 0 Å². The summed E-state index contributed by atoms with van der Waals surface area (Å²) in [5.74, 6) is -0.317. The minimum absolute atomic E-state index is 0.0197. The molecule has 4 nitrogen and oxygen atoms in total. The molecular formula is C23H22N2O2S. The molecule has 1 aliphatic carbocycles. The van der Waals surface area contributed by atoms with Crippen LogP contribution < -0.4 is 5.32 Å². The van der Waals surface area contributed by atoms with Crippen LogP contribution in [0, 0.1) is 6.92 Å². The van der Waals surface area contributed by atoms with Gasteiger partial charge in [-0.15, -0.1) is 11.3 Å². The highest BCUT2D eigenvalue weighted by molar-refractivity contribution is 7.17. The highest BCUT2D eigenvalue weighted by atomic mass is 32.1. The lowest BCUT2D eigenvalue weighted by atomic mass is 9.91. The zero-order valence-electron chi connectivity index (χ0n) is 16.0. The van der Waals surface area contributed by atoms with Gasteiger partial charge in [0.25, 0.3) is 5.91 Å². The Labute approximate surface area is 168 Å². The predicted molar refractivity (Wildman–Crippen MR) is 114 cm³/mol. The minimum Gasteiger partial charge on any atom is -0.332 e. The molecule has 0 bridgehead atoms. The van der Waals surface area contributed by atoms with Crippen molar-refractivity contribution in [1.29, 1.82) is 0 Å². The van der Waals surface area contributed by atoms with Gasteiger partial charge < -0.3 is 10.2 Å². The Balaban J connectivity index is 1.45. The normalized spacial score (nSPS) is 12.1. The summed E-state index contributed by atoms with van der Waals surface area (Å²) in [4.78, 5) is 28.5. The summed E-state index contributed by atoms with van der Waals surface area (Å²) in [6.07, 6.45) is 1.95. The Kier molecular flexibility index (Phi) is 5.01. The van der Waals surface area contributed by atoms with E-state index in [-0.39, 0.29) is 18.4 Å². The first-order valence-electron chi connectivity index (χ1n) is 9.34. The molecular weight excluding hydrogens is 368 g/mol. The van der Waals surface area contributed by atoms with Gasteiger partial charge in [-0.1, -0.05) is 42.0 Å². The number of rotatable bonds is 4. The number of likely N-dealkylation sites (N-methyl/N-ethyl adjacent to an activating group) is 1. The molecule has 0 unspecified atom stereocenters. The molecule has 1 N–H and O–H groups in total. The SMILES string of the molecule is Cc1ccc(NC(=O)CN(C)C(=O)c2cc3c(s2)-c2ccccc2CC3)cc1. The largest absolute Gasteiger partial charge is 0.332 e. The van der Waals surface area contributed by atoms with Gasteiger partial charge in [0, 0.05) is 17.6 Å². The molecule has 0 saturated heterocycles. The number of aryl methyl sites for hydroxylation is 3. The van der Waals surface area contributed by atoms with Gasteiger partial charge in [-0.05, 0) is 54.7 Å². The molecule has 5 heteroatoms. The highest BCUT2D eigenvalue weighted by Gasteiger charge is 2.23. The summed E-state index contributed by atoms with van der Waals surface area (Å²) in [5, 5.41) is 2.84. The second kappa shape index (κ2) is 7.60. The molecule has 0 spiro atoms. The van der Waals surface area contributed by atoms with Crippen molar-refractivity contribution in [2.75, 3.05) is 18.9 Å². The van der Waals surface area contributed by atoms with Gasteiger partial charge in [0.05, 0.1) is 11.4 Å². The standard InChI is InChI=1S/C23H22N2O2S/c1-15-7-11-18(12-8-15)24-21(26)14-25(2)23(27)20-13-17-10-9-16-5-3-4-6-19(16)22(17)28-20/h3-8,11-13H,9-10,14H2,1-2H3,(H,24,26). The first-order chi connectivity index (χ1) is 13.5. The average Bonchev–Trinajstić information content (AvgIpc) is 3.14. The van der Waals surface area contributed by atoms with Gasteiger partial charge in [-0.3, -0.25) is 9.59 Å². The summed E-state index contributed by atoms with van der Waals surface area (Å²) >= 11 is 1.52. The molecule has 142 valence electrons. The van der Waals surface area contributed by atoms with Crippen molar-refractivity contribution in [1.82, 2.24) is 4.90 Å². The second-order valence-corrected chi connectivity index (χ2v) is 8.25. The Morgan fingerprint density at radius 3 is 2.54 bits per heavy atom. The number of hydrogen-bond donors (Lipinski definition) is 1. The fourth-order valence-corrected chi connectivity index (χ4v) is 4.76. The van der Waals surface area contributed by atoms with E-state index in [1.54, 1.807) is 7.05 Å². The fourth-order valence-electron chi connectivity index (χ4n) is 3.49. The van der Waals surface area contributed by atoms with Crippen LogP contribution in [0.25, 0.3) is 10.4 Å². The number of nitrogens with zero attached hydrogens (tertiary/aromatic N) is 1. The van der Waals surface area contributed by atoms with E-state index >= 15 is 0 Å². The van der Waals surface area contributed by atoms with Crippen LogP contribution in [0.15, 0.2) is 54.6 Å². The van der Waals surface area contributed by atoms with Crippen molar-refractivity contribution >= 4 is 28.8 Å². The Bertz CT molecular complexity index is 1040. The number of nitrogens with one attached hydrogen (secondary N) is 1. The van der Waals surface area contributed by atoms with E-state index < -0.39 is 0 Å². The third-order valence-corrected chi connectivity index (χ3v) is 6.21. The molecule has 1 aromatic heterocycles. The third-order valence-electron chi connectivity index (χ3n) is 5.01. The van der Waals surface area contributed by atoms with Gasteiger partial charge in [0.1, 0.15) is 0 Å². The van der Waals surface area contributed by atoms with E-state index in [0.29, 0.717) is 4.88 Å². The van der Waals surface area contributed by atoms with Crippen molar-refractivity contribution in [3.8, 4) is 10.4 Å². The molecule has 0 radical (unpaired) electrons. The van der Waals surface area contributed by atoms with Gasteiger partial charge in [0.15, 0.2) is 0 Å². The first kappa shape index (κ1) is 18.4. The van der Waals surface area contributed by atoms with Crippen LogP contribution in [0.3, 0.4) is 0 Å². The van der Waals surface area contributed by atoms with Crippen LogP contribution in [-0.2, 0) is 17.6 Å². The monoisotopic (exact) mass is 390 g/mol. The van der Waals surface area contributed by atoms with Crippen molar-refractivity contribution in [2.24, 2.45) is 0 Å². The van der Waals surface area contributed by atoms with E-state index in [4.69, 9.17) is 0 Å². The first-order valence-corrected chi connectivity index (χ1v) is 10.2. The smallest absolute Gasteiger partial charge is 0.264 e. The Morgan fingerprint density at radius 1 is 1.04 bits per heavy atom.